The number of halogens is 4. The Balaban J connectivity index is 0.000000304. The van der Waals surface area contributed by atoms with E-state index in [1.807, 2.05) is 75.4 Å². The maximum absolute atomic E-state index is 11.5. The van der Waals surface area contributed by atoms with Gasteiger partial charge >= 0.3 is 21.1 Å². The molecule has 338 valence electrons. The van der Waals surface area contributed by atoms with Crippen LogP contribution in [-0.2, 0) is 9.47 Å². The highest BCUT2D eigenvalue weighted by atomic mass is 127. The molecule has 2 N–H and O–H groups in total. The maximum Gasteiger partial charge on any atom is 0.369 e. The number of aromatic hydroxyl groups is 1. The zero-order valence-electron chi connectivity index (χ0n) is 37.0. The second-order valence-corrected chi connectivity index (χ2v) is 20.9. The molecule has 0 aliphatic rings. The first-order chi connectivity index (χ1) is 31.4. The second-order valence-electron chi connectivity index (χ2n) is 13.2. The Morgan fingerprint density at radius 2 is 0.970 bits per heavy atom. The van der Waals surface area contributed by atoms with Crippen LogP contribution in [0.25, 0.3) is 0 Å². The number of phenols is 1. The third kappa shape index (κ3) is 20.9. The van der Waals surface area contributed by atoms with E-state index in [2.05, 4.69) is 104 Å². The molecular formula is C52H45BBr3IO9. The molecule has 0 radical (unpaired) electrons. The molecular weight excluding hydrogens is 1150 g/mol. The van der Waals surface area contributed by atoms with Gasteiger partial charge in [-0.1, -0.05) is 47.8 Å². The monoisotopic (exact) mass is 1190 g/mol. The van der Waals surface area contributed by atoms with Crippen LogP contribution in [0.1, 0.15) is 75.6 Å². The van der Waals surface area contributed by atoms with E-state index in [0.717, 1.165) is 54.0 Å². The van der Waals surface area contributed by atoms with Crippen LogP contribution in [0.5, 0.6) is 17.2 Å². The Morgan fingerprint density at radius 3 is 1.38 bits per heavy atom. The highest BCUT2D eigenvalue weighted by molar-refractivity contribution is 14.1. The van der Waals surface area contributed by atoms with Gasteiger partial charge in [0, 0.05) is 31.4 Å². The maximum atomic E-state index is 11.5. The summed E-state index contributed by atoms with van der Waals surface area (Å²) < 4.78 is 20.7. The number of carboxylic acids is 1. The number of carbonyl (C=O) groups is 3. The molecule has 14 heteroatoms. The van der Waals surface area contributed by atoms with Crippen LogP contribution in [0.4, 0.5) is 0 Å². The number of esters is 2. The summed E-state index contributed by atoms with van der Waals surface area (Å²) in [5.74, 6) is 14.9. The van der Waals surface area contributed by atoms with Crippen LogP contribution < -0.4 is 9.47 Å². The van der Waals surface area contributed by atoms with Crippen molar-refractivity contribution in [2.24, 2.45) is 0 Å². The fourth-order valence-corrected chi connectivity index (χ4v) is 5.74. The lowest BCUT2D eigenvalue weighted by molar-refractivity contribution is 0.0592. The van der Waals surface area contributed by atoms with Gasteiger partial charge in [-0.15, -0.1) is 53.7 Å². The van der Waals surface area contributed by atoms with Crippen LogP contribution in [0, 0.1) is 60.4 Å². The summed E-state index contributed by atoms with van der Waals surface area (Å²) in [6.07, 6.45) is 5.25. The minimum Gasteiger partial charge on any atom is -0.508 e. The molecule has 0 spiro atoms. The molecule has 6 aromatic rings. The molecule has 6 aromatic carbocycles. The minimum absolute atomic E-state index is 0.205. The molecule has 0 amide bonds. The predicted molar refractivity (Wildman–Crippen MR) is 282 cm³/mol. The van der Waals surface area contributed by atoms with E-state index in [9.17, 15) is 19.5 Å². The zero-order valence-corrected chi connectivity index (χ0v) is 44.0. The standard InChI is InChI=1S/C18H16O3.C16H12O3.C10H10O.C8H7IO2.BBr3/c1-13-11-17(20-2)10-9-15(13)8-7-14-5-4-6-16(12-14)18(19)21-3;1-11-9-15(17)8-7-13(11)6-5-12-3-2-4-14(10-12)16(18)19;1-4-9-5-6-10(11-3)7-8(9)2;1-11-8(10)6-3-2-4-7(9)5-6;2-1(3)4/h4-6,9-12H,1-3H3;2-4,7-10,17H,1H3,(H,18,19);1,5-7H,2-3H3;2-5H,1H3;. The topological polar surface area (TPSA) is 129 Å². The minimum atomic E-state index is -0.968. The summed E-state index contributed by atoms with van der Waals surface area (Å²) in [6, 6.07) is 37.2. The molecule has 0 aliphatic carbocycles. The van der Waals surface area contributed by atoms with Crippen molar-refractivity contribution in [1.29, 1.82) is 0 Å². The zero-order chi connectivity index (χ0) is 49.2. The van der Waals surface area contributed by atoms with Gasteiger partial charge in [0.1, 0.15) is 17.2 Å². The van der Waals surface area contributed by atoms with Gasteiger partial charge in [0.25, 0.3) is 0 Å². The fraction of sp³-hybridized carbons (Fsp3) is 0.135. The third-order valence-corrected chi connectivity index (χ3v) is 9.23. The molecule has 0 atom stereocenters. The van der Waals surface area contributed by atoms with Gasteiger partial charge < -0.3 is 29.2 Å². The fourth-order valence-electron chi connectivity index (χ4n) is 5.20. The highest BCUT2D eigenvalue weighted by Gasteiger charge is 2.06. The van der Waals surface area contributed by atoms with Crippen LogP contribution in [-0.4, -0.2) is 59.7 Å². The Hall–Kier alpha value is -5.96. The average Bonchev–Trinajstić information content (AvgIpc) is 3.30. The highest BCUT2D eigenvalue weighted by Crippen LogP contribution is 2.18. The lowest BCUT2D eigenvalue weighted by atomic mass is 10.1. The van der Waals surface area contributed by atoms with Gasteiger partial charge in [0.15, 0.2) is 0 Å². The van der Waals surface area contributed by atoms with Crippen molar-refractivity contribution in [3.63, 3.8) is 0 Å². The van der Waals surface area contributed by atoms with Gasteiger partial charge in [-0.05, 0) is 169 Å². The molecule has 0 aromatic heterocycles. The molecule has 0 aliphatic heterocycles. The van der Waals surface area contributed by atoms with Gasteiger partial charge in [0.05, 0.1) is 45.1 Å². The number of terminal acetylenes is 1. The van der Waals surface area contributed by atoms with E-state index in [1.165, 1.54) is 26.4 Å². The number of hydrogen-bond acceptors (Lipinski definition) is 8. The Morgan fingerprint density at radius 1 is 0.561 bits per heavy atom. The summed E-state index contributed by atoms with van der Waals surface area (Å²) >= 11 is 11.5. The molecule has 0 heterocycles. The number of phenolic OH excluding ortho intramolecular Hbond substituents is 1. The van der Waals surface area contributed by atoms with Crippen molar-refractivity contribution >= 4 is 91.0 Å². The van der Waals surface area contributed by atoms with Crippen molar-refractivity contribution in [3.8, 4) is 53.3 Å². The number of hydrogen-bond donors (Lipinski definition) is 2. The van der Waals surface area contributed by atoms with E-state index in [0.29, 0.717) is 16.7 Å². The first kappa shape index (κ1) is 56.2. The van der Waals surface area contributed by atoms with Crippen molar-refractivity contribution in [3.05, 3.63) is 192 Å². The molecule has 6 rings (SSSR count). The number of carboxylic acid groups (broad SMARTS) is 1. The molecule has 0 saturated carbocycles. The summed E-state index contributed by atoms with van der Waals surface area (Å²) in [6.45, 7) is 5.81. The van der Waals surface area contributed by atoms with Gasteiger partial charge in [-0.25, -0.2) is 14.4 Å². The lowest BCUT2D eigenvalue weighted by Crippen LogP contribution is -2.00. The van der Waals surface area contributed by atoms with E-state index in [-0.39, 0.29) is 26.4 Å². The van der Waals surface area contributed by atoms with Gasteiger partial charge in [0.2, 0.25) is 0 Å². The van der Waals surface area contributed by atoms with E-state index >= 15 is 0 Å². The quantitative estimate of drug-likeness (QED) is 0.0750. The summed E-state index contributed by atoms with van der Waals surface area (Å²) in [5.41, 5.74) is 8.38. The van der Waals surface area contributed by atoms with Crippen molar-refractivity contribution in [2.75, 3.05) is 28.4 Å². The van der Waals surface area contributed by atoms with Crippen LogP contribution in [0.15, 0.2) is 127 Å². The van der Waals surface area contributed by atoms with E-state index in [4.69, 9.17) is 25.7 Å². The molecule has 66 heavy (non-hydrogen) atoms. The Bertz CT molecular complexity index is 2760. The number of aromatic carboxylic acids is 1. The third-order valence-electron chi connectivity index (χ3n) is 8.55. The lowest BCUT2D eigenvalue weighted by Gasteiger charge is -2.02. The molecule has 0 bridgehead atoms. The van der Waals surface area contributed by atoms with Crippen molar-refractivity contribution in [2.45, 2.75) is 20.8 Å². The van der Waals surface area contributed by atoms with Gasteiger partial charge in [-0.3, -0.25) is 0 Å². The van der Waals surface area contributed by atoms with E-state index in [1.54, 1.807) is 74.9 Å². The van der Waals surface area contributed by atoms with Crippen molar-refractivity contribution < 1.29 is 43.5 Å². The van der Waals surface area contributed by atoms with Crippen LogP contribution in [0.2, 0.25) is 0 Å². The first-order valence-corrected chi connectivity index (χ1v) is 23.1. The summed E-state index contributed by atoms with van der Waals surface area (Å²) in [5, 5.41) is 18.2. The van der Waals surface area contributed by atoms with Crippen molar-refractivity contribution in [1.82, 2.24) is 0 Å². The Kier molecular flexibility index (Phi) is 25.8. The largest absolute Gasteiger partial charge is 0.508 e. The Labute approximate surface area is 425 Å². The van der Waals surface area contributed by atoms with Crippen LogP contribution >= 0.6 is 69.9 Å². The number of rotatable bonds is 5. The average molecular weight is 1190 g/mol. The summed E-state index contributed by atoms with van der Waals surface area (Å²) in [4.78, 5) is 33.3. The second kappa shape index (κ2) is 30.3. The number of aryl methyl sites for hydroxylation is 3. The molecule has 0 fully saturated rings. The number of carbonyl (C=O) groups excluding carboxylic acids is 2. The van der Waals surface area contributed by atoms with Gasteiger partial charge in [-0.2, -0.15) is 0 Å². The summed E-state index contributed by atoms with van der Waals surface area (Å²) in [7, 11) is 6.02. The predicted octanol–water partition coefficient (Wildman–Crippen LogP) is 12.2. The number of methoxy groups -OCH3 is 4. The first-order valence-electron chi connectivity index (χ1n) is 19.3. The van der Waals surface area contributed by atoms with Crippen LogP contribution in [0.3, 0.4) is 0 Å². The molecule has 0 saturated heterocycles. The normalized spacial score (nSPS) is 9.18. The molecule has 9 nitrogen and oxygen atoms in total. The number of benzene rings is 6. The van der Waals surface area contributed by atoms with E-state index < -0.39 is 5.97 Å². The molecule has 0 unspecified atom stereocenters. The number of ether oxygens (including phenoxy) is 4. The smallest absolute Gasteiger partial charge is 0.369 e. The SMILES string of the molecule is BrB(Br)Br.C#Cc1ccc(OC)cc1C.COC(=O)c1cccc(C#Cc2ccc(OC)cc2C)c1.COC(=O)c1cccc(I)c1.Cc1cc(O)ccc1C#Cc1cccc(C(=O)O)c1.